The normalized spacial score (nSPS) is 17.1. The van der Waals surface area contributed by atoms with Gasteiger partial charge in [0.15, 0.2) is 0 Å². The van der Waals surface area contributed by atoms with Crippen molar-refractivity contribution < 1.29 is 9.32 Å². The number of anilines is 1. The zero-order valence-corrected chi connectivity index (χ0v) is 15.2. The van der Waals surface area contributed by atoms with E-state index in [1.807, 2.05) is 56.0 Å². The number of nitrogens with zero attached hydrogens (tertiary/aromatic N) is 3. The predicted molar refractivity (Wildman–Crippen MR) is 100 cm³/mol. The van der Waals surface area contributed by atoms with Gasteiger partial charge in [-0.3, -0.25) is 4.79 Å². The van der Waals surface area contributed by atoms with Crippen LogP contribution in [0.4, 0.5) is 5.69 Å². The van der Waals surface area contributed by atoms with Crippen LogP contribution in [0.1, 0.15) is 34.9 Å². The molecule has 5 nitrogen and oxygen atoms in total. The maximum atomic E-state index is 12.6. The molecule has 0 aliphatic carbocycles. The van der Waals surface area contributed by atoms with E-state index in [1.54, 1.807) is 0 Å². The van der Waals surface area contributed by atoms with Crippen LogP contribution in [-0.4, -0.2) is 22.6 Å². The summed E-state index contributed by atoms with van der Waals surface area (Å²) in [6.07, 6.45) is 0.392. The number of hydrogen-bond donors (Lipinski definition) is 0. The first kappa shape index (κ1) is 16.5. The summed E-state index contributed by atoms with van der Waals surface area (Å²) in [5, 5.41) is 4.13. The van der Waals surface area contributed by atoms with Gasteiger partial charge in [0, 0.05) is 24.2 Å². The molecule has 26 heavy (non-hydrogen) atoms. The van der Waals surface area contributed by atoms with Gasteiger partial charge in [-0.05, 0) is 43.5 Å². The molecule has 1 aliphatic heterocycles. The molecule has 1 amide bonds. The summed E-state index contributed by atoms with van der Waals surface area (Å²) >= 11 is 0. The Balaban J connectivity index is 1.60. The van der Waals surface area contributed by atoms with Gasteiger partial charge in [-0.1, -0.05) is 41.6 Å². The largest absolute Gasteiger partial charge is 0.339 e. The minimum Gasteiger partial charge on any atom is -0.339 e. The standard InChI is InChI=1S/C21H21N3O2/c1-13-8-9-15(3)18(10-13)24-12-16(11-19(24)25)21-22-20(23-26-21)17-7-5-4-6-14(17)2/h4-10,16H,11-12H2,1-3H3. The lowest BCUT2D eigenvalue weighted by Crippen LogP contribution is -2.25. The summed E-state index contributed by atoms with van der Waals surface area (Å²) < 4.78 is 5.50. The maximum absolute atomic E-state index is 12.6. The lowest BCUT2D eigenvalue weighted by molar-refractivity contribution is -0.117. The SMILES string of the molecule is Cc1ccc(C)c(N2CC(c3nc(-c4ccccc4C)no3)CC2=O)c1. The minimum absolute atomic E-state index is 0.0762. The molecule has 4 rings (SSSR count). The second-order valence-electron chi connectivity index (χ2n) is 6.97. The molecule has 0 radical (unpaired) electrons. The summed E-state index contributed by atoms with van der Waals surface area (Å²) in [6, 6.07) is 14.1. The Bertz CT molecular complexity index is 977. The number of carbonyl (C=O) groups excluding carboxylic acids is 1. The van der Waals surface area contributed by atoms with E-state index in [9.17, 15) is 4.79 Å². The smallest absolute Gasteiger partial charge is 0.232 e. The fourth-order valence-electron chi connectivity index (χ4n) is 3.45. The van der Waals surface area contributed by atoms with Gasteiger partial charge in [-0.2, -0.15) is 4.98 Å². The third kappa shape index (κ3) is 2.90. The maximum Gasteiger partial charge on any atom is 0.232 e. The van der Waals surface area contributed by atoms with Crippen molar-refractivity contribution in [2.24, 2.45) is 0 Å². The summed E-state index contributed by atoms with van der Waals surface area (Å²) in [4.78, 5) is 19.0. The van der Waals surface area contributed by atoms with Crippen LogP contribution in [0.15, 0.2) is 47.0 Å². The van der Waals surface area contributed by atoms with E-state index < -0.39 is 0 Å². The number of aromatic nitrogens is 2. The molecule has 1 aliphatic rings. The molecule has 0 N–H and O–H groups in total. The molecular formula is C21H21N3O2. The number of carbonyl (C=O) groups is 1. The summed E-state index contributed by atoms with van der Waals surface area (Å²) in [7, 11) is 0. The highest BCUT2D eigenvalue weighted by atomic mass is 16.5. The number of aryl methyl sites for hydroxylation is 3. The van der Waals surface area contributed by atoms with E-state index in [2.05, 4.69) is 22.3 Å². The van der Waals surface area contributed by atoms with Gasteiger partial charge in [-0.25, -0.2) is 0 Å². The van der Waals surface area contributed by atoms with E-state index in [1.165, 1.54) is 0 Å². The average molecular weight is 347 g/mol. The molecule has 5 heteroatoms. The van der Waals surface area contributed by atoms with Crippen LogP contribution in [0.3, 0.4) is 0 Å². The second-order valence-corrected chi connectivity index (χ2v) is 6.97. The number of hydrogen-bond acceptors (Lipinski definition) is 4. The molecule has 0 spiro atoms. The van der Waals surface area contributed by atoms with E-state index in [0.29, 0.717) is 24.7 Å². The van der Waals surface area contributed by atoms with E-state index >= 15 is 0 Å². The quantitative estimate of drug-likeness (QED) is 0.713. The molecule has 1 unspecified atom stereocenters. The van der Waals surface area contributed by atoms with E-state index in [-0.39, 0.29) is 11.8 Å². The molecule has 2 heterocycles. The average Bonchev–Trinajstić information content (AvgIpc) is 3.24. The third-order valence-corrected chi connectivity index (χ3v) is 4.96. The van der Waals surface area contributed by atoms with Crippen LogP contribution in [-0.2, 0) is 4.79 Å². The van der Waals surface area contributed by atoms with E-state index in [4.69, 9.17) is 4.52 Å². The Morgan fingerprint density at radius 1 is 1.08 bits per heavy atom. The summed E-state index contributed by atoms with van der Waals surface area (Å²) in [5.74, 6) is 1.13. The predicted octanol–water partition coefficient (Wildman–Crippen LogP) is 4.18. The highest BCUT2D eigenvalue weighted by Gasteiger charge is 2.35. The van der Waals surface area contributed by atoms with Gasteiger partial charge in [0.2, 0.25) is 17.6 Å². The van der Waals surface area contributed by atoms with Crippen LogP contribution in [0, 0.1) is 20.8 Å². The molecule has 0 saturated carbocycles. The van der Waals surface area contributed by atoms with Crippen molar-refractivity contribution in [3.8, 4) is 11.4 Å². The van der Waals surface area contributed by atoms with Crippen molar-refractivity contribution in [3.05, 3.63) is 65.0 Å². The van der Waals surface area contributed by atoms with Gasteiger partial charge in [-0.15, -0.1) is 0 Å². The van der Waals surface area contributed by atoms with Gasteiger partial charge in [0.1, 0.15) is 0 Å². The molecule has 1 saturated heterocycles. The lowest BCUT2D eigenvalue weighted by Gasteiger charge is -2.19. The van der Waals surface area contributed by atoms with Crippen LogP contribution < -0.4 is 4.90 Å². The van der Waals surface area contributed by atoms with Crippen LogP contribution >= 0.6 is 0 Å². The van der Waals surface area contributed by atoms with Crippen molar-refractivity contribution in [1.29, 1.82) is 0 Å². The van der Waals surface area contributed by atoms with Crippen LogP contribution in [0.5, 0.6) is 0 Å². The van der Waals surface area contributed by atoms with Crippen molar-refractivity contribution in [1.82, 2.24) is 10.1 Å². The van der Waals surface area contributed by atoms with Gasteiger partial charge < -0.3 is 9.42 Å². The molecular weight excluding hydrogens is 326 g/mol. The van der Waals surface area contributed by atoms with Gasteiger partial charge in [0.05, 0.1) is 5.92 Å². The molecule has 1 fully saturated rings. The number of benzene rings is 2. The lowest BCUT2D eigenvalue weighted by atomic mass is 10.1. The molecule has 1 atom stereocenters. The van der Waals surface area contributed by atoms with Crippen molar-refractivity contribution in [2.45, 2.75) is 33.1 Å². The Kier molecular flexibility index (Phi) is 4.07. The topological polar surface area (TPSA) is 59.2 Å². The first-order valence-electron chi connectivity index (χ1n) is 8.80. The van der Waals surface area contributed by atoms with Crippen LogP contribution in [0.25, 0.3) is 11.4 Å². The third-order valence-electron chi connectivity index (χ3n) is 4.96. The van der Waals surface area contributed by atoms with Gasteiger partial charge in [0.25, 0.3) is 0 Å². The Morgan fingerprint density at radius 2 is 1.88 bits per heavy atom. The molecule has 2 aromatic carbocycles. The van der Waals surface area contributed by atoms with Crippen LogP contribution in [0.2, 0.25) is 0 Å². The first-order chi connectivity index (χ1) is 12.5. The second kappa shape index (κ2) is 6.41. The minimum atomic E-state index is -0.0762. The Labute approximate surface area is 152 Å². The molecule has 3 aromatic rings. The van der Waals surface area contributed by atoms with E-state index in [0.717, 1.165) is 27.9 Å². The molecule has 1 aromatic heterocycles. The molecule has 132 valence electrons. The van der Waals surface area contributed by atoms with Crippen molar-refractivity contribution in [2.75, 3.05) is 11.4 Å². The number of rotatable bonds is 3. The highest BCUT2D eigenvalue weighted by molar-refractivity contribution is 5.97. The first-order valence-corrected chi connectivity index (χ1v) is 8.80. The monoisotopic (exact) mass is 347 g/mol. The highest BCUT2D eigenvalue weighted by Crippen LogP contribution is 2.34. The van der Waals surface area contributed by atoms with Crippen molar-refractivity contribution >= 4 is 11.6 Å². The van der Waals surface area contributed by atoms with Crippen molar-refractivity contribution in [3.63, 3.8) is 0 Å². The van der Waals surface area contributed by atoms with Gasteiger partial charge >= 0.3 is 0 Å². The number of amides is 1. The summed E-state index contributed by atoms with van der Waals surface area (Å²) in [5.41, 5.74) is 5.26. The summed E-state index contributed by atoms with van der Waals surface area (Å²) in [6.45, 7) is 6.65. The Morgan fingerprint density at radius 3 is 2.69 bits per heavy atom. The fraction of sp³-hybridized carbons (Fsp3) is 0.286. The molecule has 0 bridgehead atoms. The fourth-order valence-corrected chi connectivity index (χ4v) is 3.45. The zero-order valence-electron chi connectivity index (χ0n) is 15.2. The zero-order chi connectivity index (χ0) is 18.3. The Hall–Kier alpha value is -2.95.